The smallest absolute Gasteiger partial charge is 0.323 e. The molecule has 1 heterocycles. The van der Waals surface area contributed by atoms with Gasteiger partial charge in [-0.05, 0) is 47.9 Å². The fourth-order valence-electron chi connectivity index (χ4n) is 3.60. The van der Waals surface area contributed by atoms with E-state index in [1.165, 1.54) is 6.07 Å². The molecule has 0 aliphatic rings. The van der Waals surface area contributed by atoms with Gasteiger partial charge < -0.3 is 4.74 Å². The third-order valence-corrected chi connectivity index (χ3v) is 5.82. The lowest BCUT2D eigenvalue weighted by Crippen LogP contribution is -2.26. The van der Waals surface area contributed by atoms with Gasteiger partial charge in [-0.2, -0.15) is 4.37 Å². The normalized spacial score (nSPS) is 13.0. The standard InChI is InChI=1S/C24H21F2N3O2S/c1-14(16-9-12-20(25)21(26)13-16)27-22(15-7-10-17(31-2)11-8-15)18-5-3-4-6-19(18)23-28-24(30)32-29-23/h3-14,22,27H,1-2H3,(H,28,29,30). The average molecular weight is 454 g/mol. The highest BCUT2D eigenvalue weighted by Crippen LogP contribution is 2.33. The Morgan fingerprint density at radius 3 is 2.38 bits per heavy atom. The summed E-state index contributed by atoms with van der Waals surface area (Å²) < 4.78 is 36.8. The fraction of sp³-hybridized carbons (Fsp3) is 0.167. The summed E-state index contributed by atoms with van der Waals surface area (Å²) in [5.41, 5.74) is 3.21. The minimum Gasteiger partial charge on any atom is -0.497 e. The van der Waals surface area contributed by atoms with Gasteiger partial charge in [-0.25, -0.2) is 8.78 Å². The van der Waals surface area contributed by atoms with Crippen molar-refractivity contribution in [1.29, 1.82) is 0 Å². The van der Waals surface area contributed by atoms with Gasteiger partial charge in [-0.15, -0.1) is 0 Å². The summed E-state index contributed by atoms with van der Waals surface area (Å²) >= 11 is 0.859. The summed E-state index contributed by atoms with van der Waals surface area (Å²) in [6.07, 6.45) is 0. The zero-order valence-corrected chi connectivity index (χ0v) is 18.2. The molecule has 2 unspecified atom stereocenters. The zero-order chi connectivity index (χ0) is 22.7. The predicted molar refractivity (Wildman–Crippen MR) is 121 cm³/mol. The van der Waals surface area contributed by atoms with Crippen LogP contribution in [0.1, 0.15) is 35.7 Å². The zero-order valence-electron chi connectivity index (χ0n) is 17.4. The maximum Gasteiger partial charge on any atom is 0.323 e. The maximum atomic E-state index is 13.8. The lowest BCUT2D eigenvalue weighted by molar-refractivity contribution is 0.414. The highest BCUT2D eigenvalue weighted by atomic mass is 32.1. The molecule has 3 aromatic carbocycles. The van der Waals surface area contributed by atoms with Gasteiger partial charge in [-0.1, -0.05) is 42.5 Å². The van der Waals surface area contributed by atoms with Crippen LogP contribution in [-0.4, -0.2) is 16.5 Å². The first-order valence-corrected chi connectivity index (χ1v) is 10.7. The van der Waals surface area contributed by atoms with Gasteiger partial charge >= 0.3 is 4.87 Å². The van der Waals surface area contributed by atoms with Crippen molar-refractivity contribution in [2.24, 2.45) is 0 Å². The molecule has 0 bridgehead atoms. The van der Waals surface area contributed by atoms with E-state index < -0.39 is 11.6 Å². The Kier molecular flexibility index (Phi) is 6.43. The second-order valence-corrected chi connectivity index (χ2v) is 8.03. The average Bonchev–Trinajstić information content (AvgIpc) is 3.25. The van der Waals surface area contributed by atoms with E-state index >= 15 is 0 Å². The largest absolute Gasteiger partial charge is 0.497 e. The van der Waals surface area contributed by atoms with Crippen molar-refractivity contribution < 1.29 is 13.5 Å². The number of halogens is 2. The van der Waals surface area contributed by atoms with Crippen molar-refractivity contribution in [1.82, 2.24) is 14.7 Å². The topological polar surface area (TPSA) is 67.0 Å². The van der Waals surface area contributed by atoms with Crippen molar-refractivity contribution in [2.75, 3.05) is 7.11 Å². The molecule has 8 heteroatoms. The van der Waals surface area contributed by atoms with E-state index in [1.54, 1.807) is 13.2 Å². The predicted octanol–water partition coefficient (Wildman–Crippen LogP) is 5.23. The van der Waals surface area contributed by atoms with Crippen LogP contribution < -0.4 is 14.9 Å². The highest BCUT2D eigenvalue weighted by Gasteiger charge is 2.22. The van der Waals surface area contributed by atoms with Gasteiger partial charge in [-0.3, -0.25) is 15.1 Å². The number of benzene rings is 3. The molecule has 1 aromatic heterocycles. The van der Waals surface area contributed by atoms with E-state index in [1.807, 2.05) is 55.5 Å². The van der Waals surface area contributed by atoms with Gasteiger partial charge in [0.1, 0.15) is 5.75 Å². The van der Waals surface area contributed by atoms with Crippen LogP contribution in [0.2, 0.25) is 0 Å². The van der Waals surface area contributed by atoms with Crippen molar-refractivity contribution in [3.8, 4) is 17.1 Å². The van der Waals surface area contributed by atoms with Crippen LogP contribution in [0.25, 0.3) is 11.4 Å². The fourth-order valence-corrected chi connectivity index (χ4v) is 4.06. The van der Waals surface area contributed by atoms with Crippen molar-refractivity contribution >= 4 is 11.5 Å². The molecule has 0 spiro atoms. The van der Waals surface area contributed by atoms with Gasteiger partial charge in [0.2, 0.25) is 0 Å². The molecule has 0 amide bonds. The van der Waals surface area contributed by atoms with E-state index in [-0.39, 0.29) is 17.0 Å². The molecule has 0 fully saturated rings. The first kappa shape index (κ1) is 21.9. The Labute approximate surface area is 187 Å². The summed E-state index contributed by atoms with van der Waals surface area (Å²) in [7, 11) is 1.60. The first-order chi connectivity index (χ1) is 15.5. The van der Waals surface area contributed by atoms with Crippen molar-refractivity contribution in [2.45, 2.75) is 19.0 Å². The van der Waals surface area contributed by atoms with Crippen LogP contribution in [0.3, 0.4) is 0 Å². The lowest BCUT2D eigenvalue weighted by Gasteiger charge is -2.26. The lowest BCUT2D eigenvalue weighted by atomic mass is 9.92. The number of hydrogen-bond acceptors (Lipinski definition) is 5. The van der Waals surface area contributed by atoms with Gasteiger partial charge in [0.15, 0.2) is 17.5 Å². The summed E-state index contributed by atoms with van der Waals surface area (Å²) in [5, 5.41) is 3.52. The van der Waals surface area contributed by atoms with E-state index in [2.05, 4.69) is 14.7 Å². The van der Waals surface area contributed by atoms with E-state index in [0.717, 1.165) is 40.0 Å². The second kappa shape index (κ2) is 9.42. The molecule has 0 saturated carbocycles. The Morgan fingerprint density at radius 1 is 1.00 bits per heavy atom. The summed E-state index contributed by atoms with van der Waals surface area (Å²) in [6, 6.07) is 18.5. The third kappa shape index (κ3) is 4.61. The summed E-state index contributed by atoms with van der Waals surface area (Å²) in [4.78, 5) is 14.2. The highest BCUT2D eigenvalue weighted by molar-refractivity contribution is 7.03. The number of nitrogens with one attached hydrogen (secondary N) is 2. The molecule has 5 nitrogen and oxygen atoms in total. The minimum atomic E-state index is -0.891. The van der Waals surface area contributed by atoms with Gasteiger partial charge in [0, 0.05) is 23.1 Å². The molecule has 164 valence electrons. The van der Waals surface area contributed by atoms with E-state index in [0.29, 0.717) is 11.4 Å². The third-order valence-electron chi connectivity index (χ3n) is 5.28. The maximum absolute atomic E-state index is 13.8. The Morgan fingerprint density at radius 2 is 1.72 bits per heavy atom. The molecule has 2 atom stereocenters. The molecule has 2 N–H and O–H groups in total. The van der Waals surface area contributed by atoms with Gasteiger partial charge in [0.05, 0.1) is 13.2 Å². The monoisotopic (exact) mass is 453 g/mol. The summed E-state index contributed by atoms with van der Waals surface area (Å²) in [6.45, 7) is 1.89. The van der Waals surface area contributed by atoms with Crippen molar-refractivity contribution in [3.63, 3.8) is 0 Å². The minimum absolute atomic E-state index is 0.237. The number of nitrogens with zero attached hydrogens (tertiary/aromatic N) is 1. The summed E-state index contributed by atoms with van der Waals surface area (Å²) in [5.74, 6) is -0.572. The Bertz CT molecular complexity index is 1270. The quantitative estimate of drug-likeness (QED) is 0.402. The number of aromatic nitrogens is 2. The molecule has 0 aliphatic carbocycles. The number of methoxy groups -OCH3 is 1. The van der Waals surface area contributed by atoms with Crippen LogP contribution >= 0.6 is 11.5 Å². The van der Waals surface area contributed by atoms with Crippen LogP contribution in [0.15, 0.2) is 71.5 Å². The molecular formula is C24H21F2N3O2S. The number of hydrogen-bond donors (Lipinski definition) is 2. The van der Waals surface area contributed by atoms with Crippen molar-refractivity contribution in [3.05, 3.63) is 105 Å². The first-order valence-electron chi connectivity index (χ1n) is 9.96. The van der Waals surface area contributed by atoms with Gasteiger partial charge in [0.25, 0.3) is 0 Å². The Balaban J connectivity index is 1.78. The Hall–Kier alpha value is -3.36. The molecule has 4 aromatic rings. The number of aromatic amines is 1. The molecular weight excluding hydrogens is 432 g/mol. The molecule has 0 aliphatic heterocycles. The SMILES string of the molecule is COc1ccc(C(NC(C)c2ccc(F)c(F)c2)c2ccccc2-c2nsc(=O)[nH]2)cc1. The second-order valence-electron chi connectivity index (χ2n) is 7.30. The van der Waals surface area contributed by atoms with Crippen LogP contribution in [0.5, 0.6) is 5.75 Å². The van der Waals surface area contributed by atoms with E-state index in [4.69, 9.17) is 4.74 Å². The number of ether oxygens (including phenoxy) is 1. The molecule has 32 heavy (non-hydrogen) atoms. The molecule has 0 radical (unpaired) electrons. The number of H-pyrrole nitrogens is 1. The van der Waals surface area contributed by atoms with Crippen LogP contribution in [0, 0.1) is 11.6 Å². The van der Waals surface area contributed by atoms with Crippen LogP contribution in [0.4, 0.5) is 8.78 Å². The van der Waals surface area contributed by atoms with E-state index in [9.17, 15) is 13.6 Å². The number of rotatable bonds is 7. The van der Waals surface area contributed by atoms with Crippen LogP contribution in [-0.2, 0) is 0 Å². The molecule has 4 rings (SSSR count). The molecule has 0 saturated heterocycles.